The third-order valence-corrected chi connectivity index (χ3v) is 4.04. The molecule has 4 heteroatoms. The number of hydrogen-bond donors (Lipinski definition) is 0. The summed E-state index contributed by atoms with van der Waals surface area (Å²) in [5.74, 6) is -0.114. The molecule has 0 spiro atoms. The van der Waals surface area contributed by atoms with Gasteiger partial charge < -0.3 is 4.74 Å². The maximum atomic E-state index is 11.1. The topological polar surface area (TPSA) is 29.5 Å². The van der Waals surface area contributed by atoms with E-state index in [0.717, 1.165) is 13.1 Å². The highest BCUT2D eigenvalue weighted by molar-refractivity contribution is 7.10. The summed E-state index contributed by atoms with van der Waals surface area (Å²) in [5.41, 5.74) is 0. The van der Waals surface area contributed by atoms with Gasteiger partial charge in [-0.1, -0.05) is 6.07 Å². The quantitative estimate of drug-likeness (QED) is 0.756. The third kappa shape index (κ3) is 2.62. The van der Waals surface area contributed by atoms with Gasteiger partial charge in [0.2, 0.25) is 0 Å². The monoisotopic (exact) mass is 239 g/mol. The highest BCUT2D eigenvalue weighted by Gasteiger charge is 2.26. The lowest BCUT2D eigenvalue weighted by Gasteiger charge is -2.22. The van der Waals surface area contributed by atoms with Crippen LogP contribution < -0.4 is 0 Å². The molecular formula is C12H17NO2S. The molecule has 2 rings (SSSR count). The lowest BCUT2D eigenvalue weighted by Crippen LogP contribution is -2.25. The Bertz CT molecular complexity index is 337. The van der Waals surface area contributed by atoms with Crippen molar-refractivity contribution in [3.05, 3.63) is 22.4 Å². The maximum Gasteiger partial charge on any atom is 0.306 e. The first-order chi connectivity index (χ1) is 7.81. The van der Waals surface area contributed by atoms with E-state index in [4.69, 9.17) is 0 Å². The first kappa shape index (κ1) is 11.6. The molecule has 0 N–H and O–H groups in total. The van der Waals surface area contributed by atoms with Crippen LogP contribution in [0.5, 0.6) is 0 Å². The van der Waals surface area contributed by atoms with E-state index in [1.165, 1.54) is 24.8 Å². The van der Waals surface area contributed by atoms with Crippen LogP contribution >= 0.6 is 11.3 Å². The zero-order chi connectivity index (χ0) is 11.4. The summed E-state index contributed by atoms with van der Waals surface area (Å²) in [5, 5.41) is 2.12. The Kier molecular flexibility index (Phi) is 3.96. The van der Waals surface area contributed by atoms with Gasteiger partial charge in [0, 0.05) is 17.5 Å². The number of methoxy groups -OCH3 is 1. The van der Waals surface area contributed by atoms with Crippen molar-refractivity contribution < 1.29 is 9.53 Å². The largest absolute Gasteiger partial charge is 0.469 e. The SMILES string of the molecule is COC(=O)CCN1CCC[C@H]1c1cccs1. The van der Waals surface area contributed by atoms with Crippen molar-refractivity contribution in [3.8, 4) is 0 Å². The fraction of sp³-hybridized carbons (Fsp3) is 0.583. The van der Waals surface area contributed by atoms with Gasteiger partial charge in [-0.05, 0) is 30.8 Å². The highest BCUT2D eigenvalue weighted by atomic mass is 32.1. The molecule has 0 aromatic carbocycles. The molecule has 0 aliphatic carbocycles. The van der Waals surface area contributed by atoms with Crippen molar-refractivity contribution in [3.63, 3.8) is 0 Å². The summed E-state index contributed by atoms with van der Waals surface area (Å²) in [7, 11) is 1.45. The molecule has 16 heavy (non-hydrogen) atoms. The minimum absolute atomic E-state index is 0.114. The van der Waals surface area contributed by atoms with Crippen molar-refractivity contribution in [2.45, 2.75) is 25.3 Å². The minimum Gasteiger partial charge on any atom is -0.469 e. The number of carbonyl (C=O) groups is 1. The van der Waals surface area contributed by atoms with Crippen LogP contribution in [0.1, 0.15) is 30.2 Å². The zero-order valence-corrected chi connectivity index (χ0v) is 10.3. The predicted octanol–water partition coefficient (Wildman–Crippen LogP) is 2.45. The van der Waals surface area contributed by atoms with Gasteiger partial charge in [-0.3, -0.25) is 9.69 Å². The third-order valence-electron chi connectivity index (χ3n) is 3.07. The molecule has 1 aliphatic rings. The number of hydrogen-bond acceptors (Lipinski definition) is 4. The van der Waals surface area contributed by atoms with Crippen LogP contribution in [-0.4, -0.2) is 31.1 Å². The van der Waals surface area contributed by atoms with E-state index >= 15 is 0 Å². The minimum atomic E-state index is -0.114. The Morgan fingerprint density at radius 1 is 1.69 bits per heavy atom. The number of rotatable bonds is 4. The Balaban J connectivity index is 1.91. The number of thiophene rings is 1. The van der Waals surface area contributed by atoms with E-state index in [9.17, 15) is 4.79 Å². The highest BCUT2D eigenvalue weighted by Crippen LogP contribution is 2.34. The van der Waals surface area contributed by atoms with E-state index < -0.39 is 0 Å². The van der Waals surface area contributed by atoms with Gasteiger partial charge in [-0.2, -0.15) is 0 Å². The molecule has 0 saturated carbocycles. The van der Waals surface area contributed by atoms with Crippen LogP contribution in [0.15, 0.2) is 17.5 Å². The van der Waals surface area contributed by atoms with Gasteiger partial charge >= 0.3 is 5.97 Å². The second kappa shape index (κ2) is 5.46. The molecular weight excluding hydrogens is 222 g/mol. The van der Waals surface area contributed by atoms with Gasteiger partial charge in [0.1, 0.15) is 0 Å². The fourth-order valence-electron chi connectivity index (χ4n) is 2.23. The Morgan fingerprint density at radius 3 is 3.25 bits per heavy atom. The normalized spacial score (nSPS) is 21.2. The standard InChI is InChI=1S/C12H17NO2S/c1-15-12(14)6-8-13-7-2-4-10(13)11-5-3-9-16-11/h3,5,9-10H,2,4,6-8H2,1H3/t10-/m0/s1. The molecule has 0 amide bonds. The molecule has 0 unspecified atom stereocenters. The Labute approximate surface area is 100 Å². The van der Waals surface area contributed by atoms with Crippen LogP contribution in [0.25, 0.3) is 0 Å². The molecule has 1 fully saturated rings. The number of ether oxygens (including phenoxy) is 1. The first-order valence-electron chi connectivity index (χ1n) is 5.65. The molecule has 1 aromatic rings. The molecule has 1 atom stereocenters. The Hall–Kier alpha value is -0.870. The molecule has 3 nitrogen and oxygen atoms in total. The second-order valence-corrected chi connectivity index (χ2v) is 5.01. The average Bonchev–Trinajstić information content (AvgIpc) is 2.95. The van der Waals surface area contributed by atoms with Crippen LogP contribution in [-0.2, 0) is 9.53 Å². The number of likely N-dealkylation sites (tertiary alicyclic amines) is 1. The molecule has 1 saturated heterocycles. The molecule has 88 valence electrons. The van der Waals surface area contributed by atoms with E-state index in [2.05, 4.69) is 27.1 Å². The van der Waals surface area contributed by atoms with Gasteiger partial charge in [-0.25, -0.2) is 0 Å². The Morgan fingerprint density at radius 2 is 2.56 bits per heavy atom. The summed E-state index contributed by atoms with van der Waals surface area (Å²) in [4.78, 5) is 14.9. The summed E-state index contributed by atoms with van der Waals surface area (Å²) >= 11 is 1.81. The van der Waals surface area contributed by atoms with Crippen LogP contribution in [0.4, 0.5) is 0 Å². The van der Waals surface area contributed by atoms with Gasteiger partial charge in [0.15, 0.2) is 0 Å². The molecule has 1 aliphatic heterocycles. The van der Waals surface area contributed by atoms with Gasteiger partial charge in [-0.15, -0.1) is 11.3 Å². The first-order valence-corrected chi connectivity index (χ1v) is 6.53. The lowest BCUT2D eigenvalue weighted by molar-refractivity contribution is -0.141. The summed E-state index contributed by atoms with van der Waals surface area (Å²) in [6.45, 7) is 1.91. The van der Waals surface area contributed by atoms with Crippen LogP contribution in [0, 0.1) is 0 Å². The maximum absolute atomic E-state index is 11.1. The number of esters is 1. The average molecular weight is 239 g/mol. The molecule has 2 heterocycles. The molecule has 0 radical (unpaired) electrons. The van der Waals surface area contributed by atoms with Crippen LogP contribution in [0.2, 0.25) is 0 Å². The van der Waals surface area contributed by atoms with Crippen molar-refractivity contribution >= 4 is 17.3 Å². The lowest BCUT2D eigenvalue weighted by atomic mass is 10.2. The van der Waals surface area contributed by atoms with Crippen LogP contribution in [0.3, 0.4) is 0 Å². The summed E-state index contributed by atoms with van der Waals surface area (Å²) in [6.07, 6.45) is 2.93. The van der Waals surface area contributed by atoms with E-state index in [1.54, 1.807) is 11.3 Å². The molecule has 0 bridgehead atoms. The summed E-state index contributed by atoms with van der Waals surface area (Å²) in [6, 6.07) is 4.80. The van der Waals surface area contributed by atoms with E-state index in [0.29, 0.717) is 12.5 Å². The zero-order valence-electron chi connectivity index (χ0n) is 9.52. The van der Waals surface area contributed by atoms with E-state index in [-0.39, 0.29) is 5.97 Å². The predicted molar refractivity (Wildman–Crippen MR) is 64.5 cm³/mol. The smallest absolute Gasteiger partial charge is 0.306 e. The van der Waals surface area contributed by atoms with Gasteiger partial charge in [0.25, 0.3) is 0 Å². The number of carbonyl (C=O) groups excluding carboxylic acids is 1. The summed E-state index contributed by atoms with van der Waals surface area (Å²) < 4.78 is 4.67. The van der Waals surface area contributed by atoms with Crippen molar-refractivity contribution in [1.82, 2.24) is 4.90 Å². The molecule has 1 aromatic heterocycles. The fourth-order valence-corrected chi connectivity index (χ4v) is 3.13. The van der Waals surface area contributed by atoms with Crippen molar-refractivity contribution in [1.29, 1.82) is 0 Å². The number of nitrogens with zero attached hydrogens (tertiary/aromatic N) is 1. The van der Waals surface area contributed by atoms with Gasteiger partial charge in [0.05, 0.1) is 13.5 Å². The van der Waals surface area contributed by atoms with E-state index in [1.807, 2.05) is 0 Å². The van der Waals surface area contributed by atoms with Crippen molar-refractivity contribution in [2.75, 3.05) is 20.2 Å². The second-order valence-electron chi connectivity index (χ2n) is 4.04. The van der Waals surface area contributed by atoms with Crippen molar-refractivity contribution in [2.24, 2.45) is 0 Å².